The van der Waals surface area contributed by atoms with Crippen molar-refractivity contribution in [2.24, 2.45) is 0 Å². The first-order valence-corrected chi connectivity index (χ1v) is 16.2. The maximum absolute atomic E-state index is 6.62. The predicted octanol–water partition coefficient (Wildman–Crippen LogP) is 12.1. The molecule has 0 bridgehead atoms. The molecule has 4 heteroatoms. The first-order valence-electron chi connectivity index (χ1n) is 15.4. The minimum atomic E-state index is 0.705. The van der Waals surface area contributed by atoms with Crippen LogP contribution in [0, 0.1) is 0 Å². The molecule has 0 saturated carbocycles. The Morgan fingerprint density at radius 3 is 2.07 bits per heavy atom. The van der Waals surface area contributed by atoms with Crippen molar-refractivity contribution in [3.63, 3.8) is 0 Å². The Morgan fingerprint density at radius 2 is 1.17 bits per heavy atom. The molecule has 0 N–H and O–H groups in total. The summed E-state index contributed by atoms with van der Waals surface area (Å²) in [5.41, 5.74) is 8.05. The van der Waals surface area contributed by atoms with Crippen LogP contribution < -0.4 is 0 Å². The lowest BCUT2D eigenvalue weighted by Gasteiger charge is -2.12. The number of hydrogen-bond donors (Lipinski definition) is 0. The van der Waals surface area contributed by atoms with E-state index in [9.17, 15) is 0 Å². The quantitative estimate of drug-likeness (QED) is 0.201. The molecule has 10 aromatic rings. The van der Waals surface area contributed by atoms with Gasteiger partial charge in [-0.15, -0.1) is 11.3 Å². The number of nitrogens with zero attached hydrogens (tertiary/aromatic N) is 2. The fourth-order valence-corrected chi connectivity index (χ4v) is 8.24. The summed E-state index contributed by atoms with van der Waals surface area (Å²) in [6.07, 6.45) is 0. The summed E-state index contributed by atoms with van der Waals surface area (Å²) >= 11 is 1.83. The maximum Gasteiger partial charge on any atom is 0.161 e. The highest BCUT2D eigenvalue weighted by atomic mass is 32.1. The van der Waals surface area contributed by atoms with Crippen molar-refractivity contribution in [1.29, 1.82) is 0 Å². The average Bonchev–Trinajstić information content (AvgIpc) is 3.70. The fraction of sp³-hybridized carbons (Fsp3) is 0. The van der Waals surface area contributed by atoms with E-state index in [1.165, 1.54) is 20.2 Å². The molecule has 214 valence electrons. The zero-order chi connectivity index (χ0) is 30.2. The summed E-state index contributed by atoms with van der Waals surface area (Å²) in [6.45, 7) is 0. The van der Waals surface area contributed by atoms with Gasteiger partial charge in [0.1, 0.15) is 11.2 Å². The van der Waals surface area contributed by atoms with E-state index in [1.54, 1.807) is 0 Å². The Kier molecular flexibility index (Phi) is 5.45. The molecule has 0 aliphatic heterocycles. The van der Waals surface area contributed by atoms with Crippen LogP contribution in [0.3, 0.4) is 0 Å². The van der Waals surface area contributed by atoms with Crippen molar-refractivity contribution in [3.8, 4) is 33.8 Å². The Hall–Kier alpha value is -5.84. The normalized spacial score (nSPS) is 11.9. The molecule has 0 amide bonds. The summed E-state index contributed by atoms with van der Waals surface area (Å²) in [6, 6.07) is 51.1. The van der Waals surface area contributed by atoms with Crippen molar-refractivity contribution in [2.45, 2.75) is 0 Å². The number of hydrogen-bond acceptors (Lipinski definition) is 4. The molecule has 10 rings (SSSR count). The molecule has 0 fully saturated rings. The van der Waals surface area contributed by atoms with Crippen LogP contribution in [-0.2, 0) is 0 Å². The predicted molar refractivity (Wildman–Crippen MR) is 194 cm³/mol. The number of furan rings is 1. The molecule has 0 saturated heterocycles. The van der Waals surface area contributed by atoms with E-state index in [0.717, 1.165) is 71.6 Å². The second kappa shape index (κ2) is 9.83. The van der Waals surface area contributed by atoms with Crippen molar-refractivity contribution in [1.82, 2.24) is 9.97 Å². The summed E-state index contributed by atoms with van der Waals surface area (Å²) in [4.78, 5) is 10.6. The molecule has 3 nitrogen and oxygen atoms in total. The summed E-state index contributed by atoms with van der Waals surface area (Å²) < 4.78 is 9.14. The van der Waals surface area contributed by atoms with Crippen LogP contribution >= 0.6 is 11.3 Å². The monoisotopic (exact) mass is 604 g/mol. The molecule has 0 spiro atoms. The van der Waals surface area contributed by atoms with Crippen LogP contribution in [0.15, 0.2) is 150 Å². The van der Waals surface area contributed by atoms with Crippen molar-refractivity contribution in [2.75, 3.05) is 0 Å². The lowest BCUT2D eigenvalue weighted by atomic mass is 9.95. The largest absolute Gasteiger partial charge is 0.455 e. The molecular formula is C42H24N2OS. The van der Waals surface area contributed by atoms with Gasteiger partial charge in [0.25, 0.3) is 0 Å². The molecule has 0 aliphatic rings. The molecule has 3 heterocycles. The van der Waals surface area contributed by atoms with Gasteiger partial charge in [0, 0.05) is 52.8 Å². The van der Waals surface area contributed by atoms with Gasteiger partial charge in [-0.05, 0) is 40.8 Å². The Morgan fingerprint density at radius 1 is 0.478 bits per heavy atom. The minimum Gasteiger partial charge on any atom is -0.455 e. The zero-order valence-electron chi connectivity index (χ0n) is 24.6. The first kappa shape index (κ1) is 25.5. The van der Waals surface area contributed by atoms with Crippen LogP contribution in [0.2, 0.25) is 0 Å². The van der Waals surface area contributed by atoms with Gasteiger partial charge >= 0.3 is 0 Å². The van der Waals surface area contributed by atoms with Crippen LogP contribution in [0.5, 0.6) is 0 Å². The lowest BCUT2D eigenvalue weighted by Crippen LogP contribution is -1.96. The zero-order valence-corrected chi connectivity index (χ0v) is 25.4. The second-order valence-electron chi connectivity index (χ2n) is 11.7. The van der Waals surface area contributed by atoms with Gasteiger partial charge in [-0.25, -0.2) is 9.97 Å². The van der Waals surface area contributed by atoms with Crippen LogP contribution in [0.25, 0.3) is 97.6 Å². The Bertz CT molecular complexity index is 2810. The van der Waals surface area contributed by atoms with Gasteiger partial charge in [0.15, 0.2) is 5.82 Å². The topological polar surface area (TPSA) is 38.9 Å². The maximum atomic E-state index is 6.62. The average molecular weight is 605 g/mol. The van der Waals surface area contributed by atoms with Crippen LogP contribution in [-0.4, -0.2) is 9.97 Å². The van der Waals surface area contributed by atoms with E-state index in [0.29, 0.717) is 5.82 Å². The smallest absolute Gasteiger partial charge is 0.161 e. The molecule has 3 aromatic heterocycles. The highest BCUT2D eigenvalue weighted by molar-refractivity contribution is 7.26. The fourth-order valence-electron chi connectivity index (χ4n) is 7.03. The van der Waals surface area contributed by atoms with E-state index in [4.69, 9.17) is 14.4 Å². The number of thiophene rings is 1. The minimum absolute atomic E-state index is 0.705. The molecule has 0 radical (unpaired) electrons. The van der Waals surface area contributed by atoms with Gasteiger partial charge in [0.05, 0.1) is 11.2 Å². The van der Waals surface area contributed by atoms with Gasteiger partial charge in [0.2, 0.25) is 0 Å². The number of fused-ring (bicyclic) bond motifs is 9. The molecule has 46 heavy (non-hydrogen) atoms. The van der Waals surface area contributed by atoms with E-state index in [1.807, 2.05) is 11.3 Å². The van der Waals surface area contributed by atoms with E-state index in [-0.39, 0.29) is 0 Å². The second-order valence-corrected chi connectivity index (χ2v) is 12.7. The molecule has 0 unspecified atom stereocenters. The van der Waals surface area contributed by atoms with E-state index >= 15 is 0 Å². The molecular weight excluding hydrogens is 581 g/mol. The van der Waals surface area contributed by atoms with Crippen LogP contribution in [0.1, 0.15) is 0 Å². The molecule has 7 aromatic carbocycles. The van der Waals surface area contributed by atoms with Gasteiger partial charge in [-0.3, -0.25) is 0 Å². The number of benzene rings is 7. The number of para-hydroxylation sites is 1. The van der Waals surface area contributed by atoms with Crippen molar-refractivity contribution >= 4 is 75.1 Å². The molecule has 0 aliphatic carbocycles. The highest BCUT2D eigenvalue weighted by Crippen LogP contribution is 2.44. The third-order valence-electron chi connectivity index (χ3n) is 9.09. The SMILES string of the molecule is c1ccc(-c2cccc3oc4c5ccccc5c(-c5nc(-c6cccc7c6sc6ccccc67)c6ccccc6n5)cc4c23)cc1. The lowest BCUT2D eigenvalue weighted by molar-refractivity contribution is 0.673. The van der Waals surface area contributed by atoms with E-state index < -0.39 is 0 Å². The van der Waals surface area contributed by atoms with Crippen molar-refractivity contribution < 1.29 is 4.42 Å². The number of rotatable bonds is 3. The van der Waals surface area contributed by atoms with Gasteiger partial charge in [-0.2, -0.15) is 0 Å². The Labute approximate surface area is 268 Å². The first-order chi connectivity index (χ1) is 22.8. The third kappa shape index (κ3) is 3.71. The molecule has 0 atom stereocenters. The highest BCUT2D eigenvalue weighted by Gasteiger charge is 2.21. The summed E-state index contributed by atoms with van der Waals surface area (Å²) in [5, 5.41) is 7.86. The van der Waals surface area contributed by atoms with Crippen LogP contribution in [0.4, 0.5) is 0 Å². The van der Waals surface area contributed by atoms with Gasteiger partial charge < -0.3 is 4.42 Å². The van der Waals surface area contributed by atoms with E-state index in [2.05, 4.69) is 146 Å². The standard InChI is InChI=1S/C42H24N2OS/c1-2-12-25(13-3-1)26-18-11-22-36-38(26)34-24-33(27-14-4-5-16-29(27)40(34)45-36)42-43-35-21-8-6-17-31(35)39(44-42)32-20-10-19-30-28-15-7-9-23-37(28)46-41(30)32/h1-24H. The summed E-state index contributed by atoms with van der Waals surface area (Å²) in [7, 11) is 0. The summed E-state index contributed by atoms with van der Waals surface area (Å²) in [5.74, 6) is 0.705. The number of aromatic nitrogens is 2. The van der Waals surface area contributed by atoms with Gasteiger partial charge in [-0.1, -0.05) is 121 Å². The van der Waals surface area contributed by atoms with Crippen molar-refractivity contribution in [3.05, 3.63) is 146 Å². The third-order valence-corrected chi connectivity index (χ3v) is 10.3. The Balaban J connectivity index is 1.31.